The second kappa shape index (κ2) is 12.5. The van der Waals surface area contributed by atoms with Crippen LogP contribution in [0.25, 0.3) is 0 Å². The summed E-state index contributed by atoms with van der Waals surface area (Å²) in [4.78, 5) is 29.9. The van der Waals surface area contributed by atoms with E-state index in [1.807, 2.05) is 13.8 Å². The van der Waals surface area contributed by atoms with E-state index < -0.39 is 17.8 Å². The molecule has 1 saturated carbocycles. The van der Waals surface area contributed by atoms with Gasteiger partial charge in [-0.15, -0.1) is 0 Å². The Labute approximate surface area is 232 Å². The third-order valence-corrected chi connectivity index (χ3v) is 7.40. The molecular weight excluding hydrogens is 525 g/mol. The number of amides is 3. The molecule has 2 aromatic rings. The number of benzene rings is 2. The molecule has 11 heteroatoms. The molecule has 2 aromatic carbocycles. The molecule has 0 bridgehead atoms. The number of ether oxygens (including phenoxy) is 1. The monoisotopic (exact) mass is 562 g/mol. The lowest BCUT2D eigenvalue weighted by molar-refractivity contribution is -0.137. The van der Waals surface area contributed by atoms with E-state index in [2.05, 4.69) is 22.6 Å². The number of hydrogen-bond donors (Lipinski definition) is 3. The molecule has 40 heavy (non-hydrogen) atoms. The van der Waals surface area contributed by atoms with Gasteiger partial charge in [-0.25, -0.2) is 4.79 Å². The van der Waals surface area contributed by atoms with Crippen molar-refractivity contribution in [1.29, 1.82) is 0 Å². The predicted molar refractivity (Wildman–Crippen MR) is 146 cm³/mol. The zero-order valence-electron chi connectivity index (χ0n) is 23.0. The van der Waals surface area contributed by atoms with Gasteiger partial charge in [0, 0.05) is 42.5 Å². The van der Waals surface area contributed by atoms with E-state index >= 15 is 0 Å². The fraction of sp³-hybridized carbons (Fsp3) is 0.517. The lowest BCUT2D eigenvalue weighted by Crippen LogP contribution is -2.47. The Bertz CT molecular complexity index is 1190. The lowest BCUT2D eigenvalue weighted by atomic mass is 10.0. The van der Waals surface area contributed by atoms with Crippen LogP contribution in [0.2, 0.25) is 0 Å². The third-order valence-electron chi connectivity index (χ3n) is 7.40. The SMILES string of the molecule is C[C@@H]1CN([C@@H](C)CO)C(=O)Cc2cc(NC(=O)Nc3ccc(C(F)(F)F)cc3)ccc2O[C@@H]1CN(C)CC1CC1. The molecule has 1 heterocycles. The van der Waals surface area contributed by atoms with Crippen molar-refractivity contribution >= 4 is 23.3 Å². The minimum Gasteiger partial charge on any atom is -0.488 e. The van der Waals surface area contributed by atoms with Crippen molar-refractivity contribution in [2.24, 2.45) is 11.8 Å². The average Bonchev–Trinajstić information content (AvgIpc) is 3.70. The number of halogens is 3. The van der Waals surface area contributed by atoms with Crippen LogP contribution in [-0.2, 0) is 17.4 Å². The zero-order valence-corrected chi connectivity index (χ0v) is 23.0. The molecular formula is C29H37F3N4O4. The largest absolute Gasteiger partial charge is 0.488 e. The number of likely N-dealkylation sites (N-methyl/N-ethyl adjacent to an activating group) is 1. The highest BCUT2D eigenvalue weighted by Gasteiger charge is 2.33. The molecule has 3 N–H and O–H groups in total. The number of nitrogens with one attached hydrogen (secondary N) is 2. The van der Waals surface area contributed by atoms with Gasteiger partial charge in [-0.3, -0.25) is 4.79 Å². The van der Waals surface area contributed by atoms with Crippen molar-refractivity contribution in [2.75, 3.05) is 43.9 Å². The first-order valence-corrected chi connectivity index (χ1v) is 13.6. The number of nitrogens with zero attached hydrogens (tertiary/aromatic N) is 2. The first-order chi connectivity index (χ1) is 18.9. The van der Waals surface area contributed by atoms with Crippen LogP contribution < -0.4 is 15.4 Å². The van der Waals surface area contributed by atoms with Crippen LogP contribution in [0.15, 0.2) is 42.5 Å². The summed E-state index contributed by atoms with van der Waals surface area (Å²) in [5.41, 5.74) is 0.386. The molecule has 0 unspecified atom stereocenters. The van der Waals surface area contributed by atoms with E-state index in [4.69, 9.17) is 4.74 Å². The Morgan fingerprint density at radius 2 is 1.77 bits per heavy atom. The Morgan fingerprint density at radius 1 is 1.12 bits per heavy atom. The molecule has 1 fully saturated rings. The summed E-state index contributed by atoms with van der Waals surface area (Å²) in [6.07, 6.45) is -2.16. The number of fused-ring (bicyclic) bond motifs is 1. The molecule has 2 aliphatic rings. The van der Waals surface area contributed by atoms with Gasteiger partial charge in [-0.2, -0.15) is 13.2 Å². The fourth-order valence-electron chi connectivity index (χ4n) is 4.88. The van der Waals surface area contributed by atoms with Crippen LogP contribution in [0.3, 0.4) is 0 Å². The van der Waals surface area contributed by atoms with E-state index in [0.29, 0.717) is 30.1 Å². The quantitative estimate of drug-likeness (QED) is 0.428. The standard InChI is InChI=1S/C29H37F3N4O4/c1-18-14-36(19(2)17-37)27(38)13-21-12-24(10-11-25(21)40-26(18)16-35(3)15-20-4-5-20)34-28(39)33-23-8-6-22(7-9-23)29(30,31)32/h6-12,18-20,26,37H,4-5,13-17H2,1-3H3,(H2,33,34,39)/t18-,19+,26-/m1/s1. The van der Waals surface area contributed by atoms with Gasteiger partial charge in [-0.05, 0) is 75.2 Å². The van der Waals surface area contributed by atoms with Gasteiger partial charge in [0.15, 0.2) is 0 Å². The van der Waals surface area contributed by atoms with E-state index in [0.717, 1.165) is 24.6 Å². The van der Waals surface area contributed by atoms with E-state index in [-0.39, 0.29) is 42.7 Å². The van der Waals surface area contributed by atoms with Crippen LogP contribution >= 0.6 is 0 Å². The number of carbonyl (C=O) groups excluding carboxylic acids is 2. The summed E-state index contributed by atoms with van der Waals surface area (Å²) in [5, 5.41) is 15.0. The van der Waals surface area contributed by atoms with Crippen molar-refractivity contribution in [1.82, 2.24) is 9.80 Å². The molecule has 1 aliphatic carbocycles. The van der Waals surface area contributed by atoms with Crippen LogP contribution in [0.5, 0.6) is 5.75 Å². The Hall–Kier alpha value is -3.31. The first-order valence-electron chi connectivity index (χ1n) is 13.6. The fourth-order valence-corrected chi connectivity index (χ4v) is 4.88. The van der Waals surface area contributed by atoms with Gasteiger partial charge in [0.2, 0.25) is 5.91 Å². The number of aliphatic hydroxyl groups excluding tert-OH is 1. The topological polar surface area (TPSA) is 94.1 Å². The normalized spacial score (nSPS) is 20.6. The number of anilines is 2. The maximum atomic E-state index is 13.4. The molecule has 0 aromatic heterocycles. The minimum absolute atomic E-state index is 0.00198. The van der Waals surface area contributed by atoms with Crippen LogP contribution in [-0.4, -0.2) is 72.3 Å². The van der Waals surface area contributed by atoms with Crippen LogP contribution in [0.4, 0.5) is 29.3 Å². The van der Waals surface area contributed by atoms with Crippen molar-refractivity contribution < 1.29 is 32.6 Å². The number of carbonyl (C=O) groups is 2. The van der Waals surface area contributed by atoms with E-state index in [1.54, 1.807) is 23.1 Å². The second-order valence-electron chi connectivity index (χ2n) is 11.0. The Morgan fingerprint density at radius 3 is 2.40 bits per heavy atom. The summed E-state index contributed by atoms with van der Waals surface area (Å²) in [6, 6.07) is 8.20. The molecule has 1 aliphatic heterocycles. The zero-order chi connectivity index (χ0) is 29.0. The summed E-state index contributed by atoms with van der Waals surface area (Å²) in [5.74, 6) is 1.12. The molecule has 3 amide bonds. The Balaban J connectivity index is 1.52. The summed E-state index contributed by atoms with van der Waals surface area (Å²) < 4.78 is 44.9. The van der Waals surface area contributed by atoms with Crippen molar-refractivity contribution in [2.45, 2.75) is 51.4 Å². The molecule has 0 saturated heterocycles. The number of rotatable bonds is 8. The van der Waals surface area contributed by atoms with Crippen molar-refractivity contribution in [3.63, 3.8) is 0 Å². The maximum absolute atomic E-state index is 13.4. The average molecular weight is 563 g/mol. The number of hydrogen-bond acceptors (Lipinski definition) is 5. The molecule has 218 valence electrons. The molecule has 8 nitrogen and oxygen atoms in total. The maximum Gasteiger partial charge on any atom is 0.416 e. The van der Waals surface area contributed by atoms with Gasteiger partial charge >= 0.3 is 12.2 Å². The Kier molecular flexibility index (Phi) is 9.25. The predicted octanol–water partition coefficient (Wildman–Crippen LogP) is 4.84. The molecule has 3 atom stereocenters. The number of aliphatic hydroxyl groups is 1. The summed E-state index contributed by atoms with van der Waals surface area (Å²) in [6.45, 7) is 5.81. The number of urea groups is 1. The van der Waals surface area contributed by atoms with E-state index in [1.165, 1.54) is 25.0 Å². The molecule has 0 radical (unpaired) electrons. The van der Waals surface area contributed by atoms with Crippen molar-refractivity contribution in [3.05, 3.63) is 53.6 Å². The third kappa shape index (κ3) is 7.88. The molecule has 4 rings (SSSR count). The number of alkyl halides is 3. The molecule has 0 spiro atoms. The highest BCUT2D eigenvalue weighted by Crippen LogP contribution is 2.32. The van der Waals surface area contributed by atoms with Gasteiger partial charge in [0.05, 0.1) is 24.6 Å². The summed E-state index contributed by atoms with van der Waals surface area (Å²) >= 11 is 0. The summed E-state index contributed by atoms with van der Waals surface area (Å²) in [7, 11) is 2.07. The van der Waals surface area contributed by atoms with Crippen LogP contribution in [0.1, 0.15) is 37.8 Å². The minimum atomic E-state index is -4.46. The highest BCUT2D eigenvalue weighted by atomic mass is 19.4. The van der Waals surface area contributed by atoms with Gasteiger partial charge < -0.3 is 30.3 Å². The second-order valence-corrected chi connectivity index (χ2v) is 11.0. The van der Waals surface area contributed by atoms with Gasteiger partial charge in [-0.1, -0.05) is 6.92 Å². The van der Waals surface area contributed by atoms with E-state index in [9.17, 15) is 27.9 Å². The lowest BCUT2D eigenvalue weighted by Gasteiger charge is -2.34. The smallest absolute Gasteiger partial charge is 0.416 e. The van der Waals surface area contributed by atoms with Crippen LogP contribution in [0, 0.1) is 11.8 Å². The highest BCUT2D eigenvalue weighted by molar-refractivity contribution is 6.00. The van der Waals surface area contributed by atoms with Gasteiger partial charge in [0.25, 0.3) is 0 Å². The van der Waals surface area contributed by atoms with Crippen molar-refractivity contribution in [3.8, 4) is 5.75 Å². The van der Waals surface area contributed by atoms with Gasteiger partial charge in [0.1, 0.15) is 11.9 Å². The first kappa shape index (κ1) is 29.7.